The summed E-state index contributed by atoms with van der Waals surface area (Å²) in [5, 5.41) is 0. The monoisotopic (exact) mass is 368 g/mol. The zero-order valence-corrected chi connectivity index (χ0v) is 15.4. The summed E-state index contributed by atoms with van der Waals surface area (Å²) in [5.41, 5.74) is 0.764. The van der Waals surface area contributed by atoms with Gasteiger partial charge in [0.2, 0.25) is 0 Å². The minimum Gasteiger partial charge on any atom is -0.379 e. The van der Waals surface area contributed by atoms with E-state index >= 15 is 0 Å². The van der Waals surface area contributed by atoms with Gasteiger partial charge in [0.15, 0.2) is 9.84 Å². The van der Waals surface area contributed by atoms with Crippen molar-refractivity contribution >= 4 is 20.0 Å². The van der Waals surface area contributed by atoms with Gasteiger partial charge in [-0.15, -0.1) is 0 Å². The summed E-state index contributed by atoms with van der Waals surface area (Å²) in [5.74, 6) is 0.330. The van der Waals surface area contributed by atoms with Gasteiger partial charge in [0.05, 0.1) is 4.90 Å². The average Bonchev–Trinajstić information content (AvgIpc) is 2.53. The summed E-state index contributed by atoms with van der Waals surface area (Å²) in [7, 11) is -7.97. The summed E-state index contributed by atoms with van der Waals surface area (Å²) in [6, 6.07) is 12.3. The lowest BCUT2D eigenvalue weighted by Gasteiger charge is -2.16. The van der Waals surface area contributed by atoms with Crippen molar-refractivity contribution in [2.75, 3.05) is 6.26 Å². The minimum atomic E-state index is -4.27. The van der Waals surface area contributed by atoms with E-state index in [1.807, 2.05) is 26.0 Å². The Morgan fingerprint density at radius 3 is 2.04 bits per heavy atom. The van der Waals surface area contributed by atoms with Crippen LogP contribution in [0.4, 0.5) is 0 Å². The maximum absolute atomic E-state index is 12.6. The van der Waals surface area contributed by atoms with Gasteiger partial charge in [-0.2, -0.15) is 8.42 Å². The standard InChI is InChI=1S/C17H20O5S2/c1-4-13(2)14-9-5-6-10-15(14)22-24(20,21)17-12-8-7-11-16(17)23(3,18)19/h5-13H,4H2,1-3H3/t13-/m0/s1. The van der Waals surface area contributed by atoms with Gasteiger partial charge in [-0.05, 0) is 36.1 Å². The molecular weight excluding hydrogens is 348 g/mol. The first kappa shape index (κ1) is 18.5. The number of benzene rings is 2. The second kappa shape index (κ2) is 6.94. The molecule has 0 aliphatic carbocycles. The summed E-state index contributed by atoms with van der Waals surface area (Å²) in [6.45, 7) is 3.97. The molecule has 2 aromatic carbocycles. The number of hydrogen-bond acceptors (Lipinski definition) is 5. The predicted molar refractivity (Wildman–Crippen MR) is 92.5 cm³/mol. The Hall–Kier alpha value is -1.86. The molecule has 2 aromatic rings. The Labute approximate surface area is 143 Å². The van der Waals surface area contributed by atoms with Crippen molar-refractivity contribution in [2.24, 2.45) is 0 Å². The fourth-order valence-electron chi connectivity index (χ4n) is 2.31. The minimum absolute atomic E-state index is 0.113. The van der Waals surface area contributed by atoms with E-state index in [1.54, 1.807) is 12.1 Å². The molecule has 0 spiro atoms. The lowest BCUT2D eigenvalue weighted by atomic mass is 9.98. The Bertz CT molecular complexity index is 931. The molecule has 0 saturated heterocycles. The fourth-order valence-corrected chi connectivity index (χ4v) is 4.87. The molecular formula is C17H20O5S2. The molecule has 0 bridgehead atoms. The molecule has 24 heavy (non-hydrogen) atoms. The molecule has 130 valence electrons. The van der Waals surface area contributed by atoms with Crippen LogP contribution in [0.15, 0.2) is 58.3 Å². The fraction of sp³-hybridized carbons (Fsp3) is 0.294. The SMILES string of the molecule is CC[C@H](C)c1ccccc1OS(=O)(=O)c1ccccc1S(C)(=O)=O. The maximum Gasteiger partial charge on any atom is 0.340 e. The van der Waals surface area contributed by atoms with Gasteiger partial charge < -0.3 is 4.18 Å². The summed E-state index contributed by atoms with van der Waals surface area (Å²) < 4.78 is 54.3. The van der Waals surface area contributed by atoms with Crippen LogP contribution in [0.2, 0.25) is 0 Å². The Kier molecular flexibility index (Phi) is 5.35. The highest BCUT2D eigenvalue weighted by atomic mass is 32.2. The molecule has 2 rings (SSSR count). The van der Waals surface area contributed by atoms with Crippen LogP contribution in [-0.2, 0) is 20.0 Å². The number of sulfone groups is 1. The van der Waals surface area contributed by atoms with Gasteiger partial charge in [0.25, 0.3) is 0 Å². The molecule has 0 aliphatic rings. The van der Waals surface area contributed by atoms with Gasteiger partial charge in [-0.25, -0.2) is 8.42 Å². The van der Waals surface area contributed by atoms with E-state index in [-0.39, 0.29) is 21.5 Å². The quantitative estimate of drug-likeness (QED) is 0.731. The van der Waals surface area contributed by atoms with E-state index in [9.17, 15) is 16.8 Å². The van der Waals surface area contributed by atoms with E-state index < -0.39 is 20.0 Å². The first-order valence-corrected chi connectivity index (χ1v) is 10.8. The molecule has 0 heterocycles. The number of para-hydroxylation sites is 1. The van der Waals surface area contributed by atoms with Gasteiger partial charge in [0.1, 0.15) is 10.6 Å². The molecule has 5 nitrogen and oxygen atoms in total. The second-order valence-electron chi connectivity index (χ2n) is 5.60. The molecule has 0 unspecified atom stereocenters. The zero-order chi connectivity index (χ0) is 18.0. The van der Waals surface area contributed by atoms with Crippen molar-refractivity contribution in [1.82, 2.24) is 0 Å². The van der Waals surface area contributed by atoms with Crippen LogP contribution < -0.4 is 4.18 Å². The molecule has 0 aliphatic heterocycles. The summed E-state index contributed by atoms with van der Waals surface area (Å²) >= 11 is 0. The molecule has 1 atom stereocenters. The highest BCUT2D eigenvalue weighted by Gasteiger charge is 2.26. The molecule has 0 radical (unpaired) electrons. The lowest BCUT2D eigenvalue weighted by molar-refractivity contribution is 0.477. The predicted octanol–water partition coefficient (Wildman–Crippen LogP) is 3.37. The van der Waals surface area contributed by atoms with E-state index in [4.69, 9.17) is 4.18 Å². The topological polar surface area (TPSA) is 77.5 Å². The van der Waals surface area contributed by atoms with Crippen molar-refractivity contribution in [1.29, 1.82) is 0 Å². The molecule has 0 aromatic heterocycles. The molecule has 0 fully saturated rings. The highest BCUT2D eigenvalue weighted by Crippen LogP contribution is 2.31. The largest absolute Gasteiger partial charge is 0.379 e. The average molecular weight is 368 g/mol. The third-order valence-corrected chi connectivity index (χ3v) is 6.36. The van der Waals surface area contributed by atoms with Crippen molar-refractivity contribution in [3.05, 3.63) is 54.1 Å². The summed E-state index contributed by atoms with van der Waals surface area (Å²) in [6.07, 6.45) is 1.79. The lowest BCUT2D eigenvalue weighted by Crippen LogP contribution is -2.15. The third-order valence-electron chi connectivity index (χ3n) is 3.78. The van der Waals surface area contributed by atoms with Crippen LogP contribution in [0, 0.1) is 0 Å². The zero-order valence-electron chi connectivity index (χ0n) is 13.8. The Morgan fingerprint density at radius 2 is 1.46 bits per heavy atom. The maximum atomic E-state index is 12.6. The van der Waals surface area contributed by atoms with Crippen LogP contribution >= 0.6 is 0 Å². The smallest absolute Gasteiger partial charge is 0.340 e. The number of rotatable bonds is 6. The molecule has 7 heteroatoms. The van der Waals surface area contributed by atoms with Crippen LogP contribution in [-0.4, -0.2) is 23.1 Å². The highest BCUT2D eigenvalue weighted by molar-refractivity contribution is 7.92. The van der Waals surface area contributed by atoms with E-state index in [0.717, 1.165) is 18.2 Å². The normalized spacial score (nSPS) is 13.5. The second-order valence-corrected chi connectivity index (χ2v) is 9.10. The number of hydrogen-bond donors (Lipinski definition) is 0. The van der Waals surface area contributed by atoms with Crippen molar-refractivity contribution in [3.63, 3.8) is 0 Å². The third kappa shape index (κ3) is 3.96. The molecule has 0 N–H and O–H groups in total. The Balaban J connectivity index is 2.53. The van der Waals surface area contributed by atoms with Crippen molar-refractivity contribution < 1.29 is 21.0 Å². The van der Waals surface area contributed by atoms with E-state index in [2.05, 4.69) is 0 Å². The van der Waals surface area contributed by atoms with E-state index in [0.29, 0.717) is 0 Å². The van der Waals surface area contributed by atoms with Crippen LogP contribution in [0.5, 0.6) is 5.75 Å². The first-order valence-electron chi connectivity index (χ1n) is 7.49. The van der Waals surface area contributed by atoms with Gasteiger partial charge in [-0.3, -0.25) is 0 Å². The van der Waals surface area contributed by atoms with Crippen LogP contribution in [0.3, 0.4) is 0 Å². The van der Waals surface area contributed by atoms with Crippen LogP contribution in [0.25, 0.3) is 0 Å². The van der Waals surface area contributed by atoms with Gasteiger partial charge in [0, 0.05) is 6.26 Å². The van der Waals surface area contributed by atoms with Crippen LogP contribution in [0.1, 0.15) is 31.7 Å². The van der Waals surface area contributed by atoms with E-state index in [1.165, 1.54) is 24.3 Å². The first-order chi connectivity index (χ1) is 11.2. The van der Waals surface area contributed by atoms with Gasteiger partial charge >= 0.3 is 10.1 Å². The molecule has 0 saturated carbocycles. The molecule has 0 amide bonds. The summed E-state index contributed by atoms with van der Waals surface area (Å²) in [4.78, 5) is -0.627. The van der Waals surface area contributed by atoms with Gasteiger partial charge in [-0.1, -0.05) is 44.2 Å². The Morgan fingerprint density at radius 1 is 0.917 bits per heavy atom. The van der Waals surface area contributed by atoms with Crippen molar-refractivity contribution in [3.8, 4) is 5.75 Å². The van der Waals surface area contributed by atoms with Crippen molar-refractivity contribution in [2.45, 2.75) is 36.0 Å².